The molecule has 6 nitrogen and oxygen atoms in total. The summed E-state index contributed by atoms with van der Waals surface area (Å²) in [6.07, 6.45) is 0. The van der Waals surface area contributed by atoms with Crippen LogP contribution >= 0.6 is 22.9 Å². The van der Waals surface area contributed by atoms with Crippen LogP contribution in [0.15, 0.2) is 36.4 Å². The fourth-order valence-electron chi connectivity index (χ4n) is 2.54. The molecule has 3 aromatic rings. The van der Waals surface area contributed by atoms with E-state index in [0.717, 1.165) is 21.2 Å². The molecule has 0 aliphatic heterocycles. The second-order valence-electron chi connectivity index (χ2n) is 6.17. The van der Waals surface area contributed by atoms with Gasteiger partial charge in [0.1, 0.15) is 16.4 Å². The van der Waals surface area contributed by atoms with Crippen molar-refractivity contribution in [2.24, 2.45) is 0 Å². The van der Waals surface area contributed by atoms with Crippen molar-refractivity contribution in [1.29, 1.82) is 0 Å². The van der Waals surface area contributed by atoms with Crippen LogP contribution in [0.2, 0.25) is 5.02 Å². The Morgan fingerprint density at radius 1 is 1.11 bits per heavy atom. The smallest absolute Gasteiger partial charge is 0.281 e. The molecule has 0 saturated carbocycles. The molecular formula is C20H19ClN2O4S. The number of hydrogen-bond donors (Lipinski definition) is 2. The van der Waals surface area contributed by atoms with Crippen LogP contribution in [-0.2, 0) is 4.79 Å². The first-order valence-electron chi connectivity index (χ1n) is 8.44. The Balaban J connectivity index is 1.60. The Morgan fingerprint density at radius 3 is 2.64 bits per heavy atom. The molecule has 28 heavy (non-hydrogen) atoms. The molecule has 0 unspecified atom stereocenters. The highest BCUT2D eigenvalue weighted by Gasteiger charge is 2.18. The predicted octanol–water partition coefficient (Wildman–Crippen LogP) is 4.02. The summed E-state index contributed by atoms with van der Waals surface area (Å²) in [5.41, 5.74) is 6.67. The highest BCUT2D eigenvalue weighted by Crippen LogP contribution is 2.37. The number of carbonyl (C=O) groups is 2. The minimum atomic E-state index is -0.495. The van der Waals surface area contributed by atoms with E-state index in [1.165, 1.54) is 11.3 Å². The Labute approximate surface area is 171 Å². The van der Waals surface area contributed by atoms with Crippen molar-refractivity contribution in [3.05, 3.63) is 57.4 Å². The number of ether oxygens (including phenoxy) is 2. The van der Waals surface area contributed by atoms with Crippen molar-refractivity contribution in [3.8, 4) is 11.5 Å². The van der Waals surface area contributed by atoms with E-state index < -0.39 is 11.8 Å². The molecule has 0 fully saturated rings. The van der Waals surface area contributed by atoms with Gasteiger partial charge in [0.15, 0.2) is 6.61 Å². The van der Waals surface area contributed by atoms with Crippen LogP contribution < -0.4 is 20.3 Å². The first kappa shape index (κ1) is 20.0. The van der Waals surface area contributed by atoms with Crippen molar-refractivity contribution in [1.82, 2.24) is 10.9 Å². The molecule has 0 spiro atoms. The standard InChI is InChI=1S/C20H19ClN2O4S/c1-11-4-5-12(2)15(8-11)27-10-17(24)22-23-20(25)19-18(21)14-7-6-13(26-3)9-16(14)28-19/h4-9H,10H2,1-3H3,(H,22,24)(H,23,25). The first-order valence-corrected chi connectivity index (χ1v) is 9.63. The van der Waals surface area contributed by atoms with E-state index in [9.17, 15) is 9.59 Å². The van der Waals surface area contributed by atoms with Crippen LogP contribution in [0.1, 0.15) is 20.8 Å². The van der Waals surface area contributed by atoms with Gasteiger partial charge in [0, 0.05) is 10.1 Å². The number of benzene rings is 2. The second kappa shape index (κ2) is 8.50. The molecule has 8 heteroatoms. The molecule has 2 N–H and O–H groups in total. The molecule has 3 rings (SSSR count). The lowest BCUT2D eigenvalue weighted by Gasteiger charge is -2.10. The number of halogens is 1. The van der Waals surface area contributed by atoms with Crippen LogP contribution in [0.25, 0.3) is 10.1 Å². The summed E-state index contributed by atoms with van der Waals surface area (Å²) in [4.78, 5) is 24.7. The topological polar surface area (TPSA) is 76.7 Å². The number of methoxy groups -OCH3 is 1. The molecule has 2 amide bonds. The van der Waals surface area contributed by atoms with E-state index in [4.69, 9.17) is 21.1 Å². The Bertz CT molecular complexity index is 1050. The number of fused-ring (bicyclic) bond motifs is 1. The van der Waals surface area contributed by atoms with Crippen molar-refractivity contribution in [2.45, 2.75) is 13.8 Å². The van der Waals surface area contributed by atoms with E-state index in [1.54, 1.807) is 25.3 Å². The zero-order valence-electron chi connectivity index (χ0n) is 15.6. The fourth-order valence-corrected chi connectivity index (χ4v) is 3.98. The fraction of sp³-hybridized carbons (Fsp3) is 0.200. The van der Waals surface area contributed by atoms with Gasteiger partial charge in [-0.15, -0.1) is 11.3 Å². The van der Waals surface area contributed by atoms with Gasteiger partial charge < -0.3 is 9.47 Å². The average Bonchev–Trinajstić information content (AvgIpc) is 3.02. The third kappa shape index (κ3) is 4.37. The number of rotatable bonds is 5. The van der Waals surface area contributed by atoms with Crippen LogP contribution in [-0.4, -0.2) is 25.5 Å². The van der Waals surface area contributed by atoms with Gasteiger partial charge in [-0.1, -0.05) is 23.7 Å². The minimum Gasteiger partial charge on any atom is -0.497 e. The molecule has 0 saturated heterocycles. The molecule has 0 radical (unpaired) electrons. The zero-order valence-corrected chi connectivity index (χ0v) is 17.2. The van der Waals surface area contributed by atoms with E-state index >= 15 is 0 Å². The lowest BCUT2D eigenvalue weighted by molar-refractivity contribution is -0.123. The molecule has 2 aromatic carbocycles. The summed E-state index contributed by atoms with van der Waals surface area (Å²) in [5.74, 6) is 0.329. The maximum atomic E-state index is 12.4. The summed E-state index contributed by atoms with van der Waals surface area (Å²) in [6, 6.07) is 11.1. The highest BCUT2D eigenvalue weighted by molar-refractivity contribution is 7.21. The van der Waals surface area contributed by atoms with Crippen LogP contribution in [0.3, 0.4) is 0 Å². The van der Waals surface area contributed by atoms with Gasteiger partial charge in [-0.25, -0.2) is 0 Å². The first-order chi connectivity index (χ1) is 13.4. The molecule has 1 aromatic heterocycles. The van der Waals surface area contributed by atoms with Crippen LogP contribution in [0.5, 0.6) is 11.5 Å². The predicted molar refractivity (Wildman–Crippen MR) is 110 cm³/mol. The summed E-state index contributed by atoms with van der Waals surface area (Å²) in [6.45, 7) is 3.62. The van der Waals surface area contributed by atoms with Gasteiger partial charge >= 0.3 is 0 Å². The molecule has 146 valence electrons. The summed E-state index contributed by atoms with van der Waals surface area (Å²) < 4.78 is 11.5. The Hall–Kier alpha value is -2.77. The zero-order chi connectivity index (χ0) is 20.3. The van der Waals surface area contributed by atoms with Gasteiger partial charge in [0.25, 0.3) is 11.8 Å². The van der Waals surface area contributed by atoms with E-state index in [1.807, 2.05) is 32.0 Å². The number of aryl methyl sites for hydroxylation is 2. The third-order valence-corrected chi connectivity index (χ3v) is 5.72. The van der Waals surface area contributed by atoms with E-state index in [0.29, 0.717) is 21.4 Å². The van der Waals surface area contributed by atoms with Crippen molar-refractivity contribution >= 4 is 44.8 Å². The Kier molecular flexibility index (Phi) is 6.06. The summed E-state index contributed by atoms with van der Waals surface area (Å²) in [5, 5.41) is 1.09. The molecule has 1 heterocycles. The van der Waals surface area contributed by atoms with Gasteiger partial charge in [-0.2, -0.15) is 0 Å². The van der Waals surface area contributed by atoms with Gasteiger partial charge in [0.2, 0.25) is 0 Å². The highest BCUT2D eigenvalue weighted by atomic mass is 35.5. The van der Waals surface area contributed by atoms with Crippen molar-refractivity contribution in [3.63, 3.8) is 0 Å². The normalized spacial score (nSPS) is 10.6. The number of hydrogen-bond acceptors (Lipinski definition) is 5. The summed E-state index contributed by atoms with van der Waals surface area (Å²) in [7, 11) is 1.57. The lowest BCUT2D eigenvalue weighted by Crippen LogP contribution is -2.43. The number of hydrazine groups is 1. The van der Waals surface area contributed by atoms with Crippen molar-refractivity contribution in [2.75, 3.05) is 13.7 Å². The molecule has 0 aliphatic carbocycles. The minimum absolute atomic E-state index is 0.220. The monoisotopic (exact) mass is 418 g/mol. The maximum absolute atomic E-state index is 12.4. The van der Waals surface area contributed by atoms with E-state index in [2.05, 4.69) is 10.9 Å². The third-order valence-electron chi connectivity index (χ3n) is 4.06. The number of thiophene rings is 1. The van der Waals surface area contributed by atoms with Crippen LogP contribution in [0, 0.1) is 13.8 Å². The van der Waals surface area contributed by atoms with E-state index in [-0.39, 0.29) is 6.61 Å². The second-order valence-corrected chi connectivity index (χ2v) is 7.60. The SMILES string of the molecule is COc1ccc2c(Cl)c(C(=O)NNC(=O)COc3cc(C)ccc3C)sc2c1. The number of amides is 2. The Morgan fingerprint density at radius 2 is 1.89 bits per heavy atom. The molecule has 0 bridgehead atoms. The molecular weight excluding hydrogens is 400 g/mol. The van der Waals surface area contributed by atoms with Crippen molar-refractivity contribution < 1.29 is 19.1 Å². The number of nitrogens with one attached hydrogen (secondary N) is 2. The maximum Gasteiger partial charge on any atom is 0.281 e. The van der Waals surface area contributed by atoms with Gasteiger partial charge in [-0.05, 0) is 49.2 Å². The van der Waals surface area contributed by atoms with Gasteiger partial charge in [0.05, 0.1) is 12.1 Å². The lowest BCUT2D eigenvalue weighted by atomic mass is 10.1. The van der Waals surface area contributed by atoms with Crippen LogP contribution in [0.4, 0.5) is 0 Å². The average molecular weight is 419 g/mol. The van der Waals surface area contributed by atoms with Gasteiger partial charge in [-0.3, -0.25) is 20.4 Å². The molecule has 0 atom stereocenters. The molecule has 0 aliphatic rings. The number of carbonyl (C=O) groups excluding carboxylic acids is 2. The summed E-state index contributed by atoms with van der Waals surface area (Å²) >= 11 is 7.53. The quantitative estimate of drug-likeness (QED) is 0.613. The largest absolute Gasteiger partial charge is 0.497 e.